The first-order chi connectivity index (χ1) is 13.3. The van der Waals surface area contributed by atoms with Crippen molar-refractivity contribution in [2.24, 2.45) is 0 Å². The molecule has 0 radical (unpaired) electrons. The standard InChI is InChI=1S/C18H17Cl2N5O3/c1-4-25-16(18(27)24(2)3)14(9-21-25)22-17(26)13-8-15(28-23-13)11-6-5-10(19)7-12(11)20/h5-9H,4H2,1-3H3,(H,22,26). The number of amides is 2. The maximum Gasteiger partial charge on any atom is 0.277 e. The quantitative estimate of drug-likeness (QED) is 0.675. The minimum Gasteiger partial charge on any atom is -0.355 e. The van der Waals surface area contributed by atoms with Crippen molar-refractivity contribution in [3.8, 4) is 11.3 Å². The second kappa shape index (κ2) is 8.04. The van der Waals surface area contributed by atoms with Gasteiger partial charge in [0.2, 0.25) is 0 Å². The predicted molar refractivity (Wildman–Crippen MR) is 106 cm³/mol. The number of benzene rings is 1. The van der Waals surface area contributed by atoms with Crippen LogP contribution in [0.5, 0.6) is 0 Å². The van der Waals surface area contributed by atoms with Crippen LogP contribution in [-0.2, 0) is 6.54 Å². The van der Waals surface area contributed by atoms with E-state index in [0.29, 0.717) is 33.6 Å². The topological polar surface area (TPSA) is 93.3 Å². The summed E-state index contributed by atoms with van der Waals surface area (Å²) in [5.74, 6) is -0.493. The van der Waals surface area contributed by atoms with Gasteiger partial charge in [-0.05, 0) is 25.1 Å². The Balaban J connectivity index is 1.86. The number of nitrogens with zero attached hydrogens (tertiary/aromatic N) is 4. The molecule has 0 aliphatic heterocycles. The fraction of sp³-hybridized carbons (Fsp3) is 0.222. The number of hydrogen-bond donors (Lipinski definition) is 1. The van der Waals surface area contributed by atoms with E-state index >= 15 is 0 Å². The van der Waals surface area contributed by atoms with E-state index in [-0.39, 0.29) is 17.3 Å². The molecule has 2 aromatic heterocycles. The Morgan fingerprint density at radius 2 is 2.00 bits per heavy atom. The Kier molecular flexibility index (Phi) is 5.71. The van der Waals surface area contributed by atoms with Crippen LogP contribution in [0.15, 0.2) is 35.0 Å². The first-order valence-electron chi connectivity index (χ1n) is 8.32. The van der Waals surface area contributed by atoms with Gasteiger partial charge in [0.1, 0.15) is 5.69 Å². The Morgan fingerprint density at radius 3 is 2.64 bits per heavy atom. The number of rotatable bonds is 5. The maximum absolute atomic E-state index is 12.6. The van der Waals surface area contributed by atoms with Gasteiger partial charge in [0, 0.05) is 37.3 Å². The molecule has 10 heteroatoms. The van der Waals surface area contributed by atoms with Crippen molar-refractivity contribution in [1.82, 2.24) is 19.8 Å². The lowest BCUT2D eigenvalue weighted by atomic mass is 10.1. The summed E-state index contributed by atoms with van der Waals surface area (Å²) in [6.45, 7) is 2.33. The molecular weight excluding hydrogens is 405 g/mol. The fourth-order valence-corrected chi connectivity index (χ4v) is 3.04. The largest absolute Gasteiger partial charge is 0.355 e. The van der Waals surface area contributed by atoms with Gasteiger partial charge in [-0.2, -0.15) is 5.10 Å². The lowest BCUT2D eigenvalue weighted by molar-refractivity contribution is 0.0816. The molecule has 2 heterocycles. The molecular formula is C18H17Cl2N5O3. The third-order valence-electron chi connectivity index (χ3n) is 3.94. The van der Waals surface area contributed by atoms with Crippen LogP contribution >= 0.6 is 23.2 Å². The van der Waals surface area contributed by atoms with E-state index in [0.717, 1.165) is 0 Å². The van der Waals surface area contributed by atoms with Crippen LogP contribution in [0.25, 0.3) is 11.3 Å². The van der Waals surface area contributed by atoms with Crippen molar-refractivity contribution in [1.29, 1.82) is 0 Å². The molecule has 0 atom stereocenters. The number of nitrogens with one attached hydrogen (secondary N) is 1. The summed E-state index contributed by atoms with van der Waals surface area (Å²) < 4.78 is 6.75. The van der Waals surface area contributed by atoms with Crippen molar-refractivity contribution in [3.05, 3.63) is 51.9 Å². The molecule has 0 bridgehead atoms. The first kappa shape index (κ1) is 19.9. The molecule has 146 valence electrons. The van der Waals surface area contributed by atoms with Crippen molar-refractivity contribution in [2.45, 2.75) is 13.5 Å². The second-order valence-electron chi connectivity index (χ2n) is 6.08. The van der Waals surface area contributed by atoms with E-state index < -0.39 is 5.91 Å². The van der Waals surface area contributed by atoms with E-state index in [1.54, 1.807) is 32.3 Å². The van der Waals surface area contributed by atoms with Crippen molar-refractivity contribution >= 4 is 40.7 Å². The summed E-state index contributed by atoms with van der Waals surface area (Å²) in [5.41, 5.74) is 1.17. The van der Waals surface area contributed by atoms with Crippen LogP contribution in [0.3, 0.4) is 0 Å². The Hall–Kier alpha value is -2.84. The Bertz CT molecular complexity index is 1040. The van der Waals surface area contributed by atoms with E-state index in [1.807, 2.05) is 6.92 Å². The van der Waals surface area contributed by atoms with Gasteiger partial charge in [-0.25, -0.2) is 0 Å². The minimum absolute atomic E-state index is 0.0357. The molecule has 0 saturated carbocycles. The fourth-order valence-electron chi connectivity index (χ4n) is 2.54. The Labute approximate surface area is 171 Å². The van der Waals surface area contributed by atoms with Gasteiger partial charge in [-0.15, -0.1) is 0 Å². The van der Waals surface area contributed by atoms with E-state index in [2.05, 4.69) is 15.6 Å². The average molecular weight is 422 g/mol. The second-order valence-corrected chi connectivity index (χ2v) is 6.92. The molecule has 28 heavy (non-hydrogen) atoms. The summed E-state index contributed by atoms with van der Waals surface area (Å²) in [6.07, 6.45) is 1.43. The van der Waals surface area contributed by atoms with Crippen molar-refractivity contribution < 1.29 is 14.1 Å². The number of aryl methyl sites for hydroxylation is 1. The van der Waals surface area contributed by atoms with Crippen molar-refractivity contribution in [2.75, 3.05) is 19.4 Å². The molecule has 8 nitrogen and oxygen atoms in total. The van der Waals surface area contributed by atoms with Gasteiger partial charge >= 0.3 is 0 Å². The van der Waals surface area contributed by atoms with Crippen molar-refractivity contribution in [3.63, 3.8) is 0 Å². The number of carbonyl (C=O) groups is 2. The molecule has 0 aliphatic rings. The molecule has 0 saturated heterocycles. The van der Waals surface area contributed by atoms with Crippen LogP contribution < -0.4 is 5.32 Å². The minimum atomic E-state index is -0.538. The van der Waals surface area contributed by atoms with E-state index in [1.165, 1.54) is 21.8 Å². The monoisotopic (exact) mass is 421 g/mol. The zero-order valence-electron chi connectivity index (χ0n) is 15.4. The smallest absolute Gasteiger partial charge is 0.277 e. The number of anilines is 1. The summed E-state index contributed by atoms with van der Waals surface area (Å²) in [7, 11) is 3.25. The highest BCUT2D eigenvalue weighted by molar-refractivity contribution is 6.36. The van der Waals surface area contributed by atoms with Crippen LogP contribution in [0.4, 0.5) is 5.69 Å². The van der Waals surface area contributed by atoms with Gasteiger partial charge < -0.3 is 14.7 Å². The summed E-state index contributed by atoms with van der Waals surface area (Å²) >= 11 is 12.1. The van der Waals surface area contributed by atoms with Crippen LogP contribution in [0.1, 0.15) is 27.9 Å². The lowest BCUT2D eigenvalue weighted by Crippen LogP contribution is -2.26. The highest BCUT2D eigenvalue weighted by atomic mass is 35.5. The summed E-state index contributed by atoms with van der Waals surface area (Å²) in [5, 5.41) is 11.4. The molecule has 1 N–H and O–H groups in total. The predicted octanol–water partition coefficient (Wildman–Crippen LogP) is 3.82. The van der Waals surface area contributed by atoms with Gasteiger partial charge in [0.15, 0.2) is 11.5 Å². The summed E-state index contributed by atoms with van der Waals surface area (Å²) in [6, 6.07) is 6.36. The average Bonchev–Trinajstić information content (AvgIpc) is 3.28. The number of hydrogen-bond acceptors (Lipinski definition) is 5. The van der Waals surface area contributed by atoms with E-state index in [4.69, 9.17) is 27.7 Å². The molecule has 0 spiro atoms. The third kappa shape index (κ3) is 3.88. The number of aromatic nitrogens is 3. The normalized spacial score (nSPS) is 10.8. The molecule has 0 aliphatic carbocycles. The van der Waals surface area contributed by atoms with E-state index in [9.17, 15) is 9.59 Å². The maximum atomic E-state index is 12.6. The lowest BCUT2D eigenvalue weighted by Gasteiger charge is -2.13. The van der Waals surface area contributed by atoms with Crippen LogP contribution in [-0.4, -0.2) is 45.7 Å². The van der Waals surface area contributed by atoms with Gasteiger partial charge in [0.05, 0.1) is 16.9 Å². The van der Waals surface area contributed by atoms with Gasteiger partial charge in [-0.3, -0.25) is 14.3 Å². The molecule has 2 amide bonds. The zero-order chi connectivity index (χ0) is 20.4. The highest BCUT2D eigenvalue weighted by Crippen LogP contribution is 2.31. The highest BCUT2D eigenvalue weighted by Gasteiger charge is 2.23. The molecule has 3 rings (SSSR count). The number of halogens is 2. The first-order valence-corrected chi connectivity index (χ1v) is 9.08. The third-order valence-corrected chi connectivity index (χ3v) is 4.48. The molecule has 3 aromatic rings. The number of carbonyl (C=O) groups excluding carboxylic acids is 2. The Morgan fingerprint density at radius 1 is 1.25 bits per heavy atom. The molecule has 1 aromatic carbocycles. The summed E-state index contributed by atoms with van der Waals surface area (Å²) in [4.78, 5) is 26.4. The SMILES string of the molecule is CCn1ncc(NC(=O)c2cc(-c3ccc(Cl)cc3Cl)on2)c1C(=O)N(C)C. The molecule has 0 fully saturated rings. The van der Waals surface area contributed by atoms with Crippen LogP contribution in [0, 0.1) is 0 Å². The van der Waals surface area contributed by atoms with Gasteiger partial charge in [0.25, 0.3) is 11.8 Å². The van der Waals surface area contributed by atoms with Gasteiger partial charge in [-0.1, -0.05) is 28.4 Å². The van der Waals surface area contributed by atoms with Crippen LogP contribution in [0.2, 0.25) is 10.0 Å². The molecule has 0 unspecified atom stereocenters. The zero-order valence-corrected chi connectivity index (χ0v) is 16.9.